The Morgan fingerprint density at radius 2 is 1.29 bits per heavy atom. The Balaban J connectivity index is 1.39. The fraction of sp³-hybridized carbons (Fsp3) is 0.586. The Morgan fingerprint density at radius 3 is 1.79 bits per heavy atom. The largest absolute Gasteiger partial charge is 0.429 e. The highest BCUT2D eigenvalue weighted by Gasteiger charge is 2.41. The number of rotatable bonds is 7. The second-order valence-corrected chi connectivity index (χ2v) is 10.8. The summed E-state index contributed by atoms with van der Waals surface area (Å²) < 4.78 is 114. The Labute approximate surface area is 217 Å². The number of hydrogen-bond acceptors (Lipinski definition) is 1. The van der Waals surface area contributed by atoms with E-state index < -0.39 is 46.6 Å². The molecule has 2 aromatic carbocycles. The van der Waals surface area contributed by atoms with Crippen LogP contribution in [0.5, 0.6) is 5.75 Å². The Kier molecular flexibility index (Phi) is 8.62. The van der Waals surface area contributed by atoms with Crippen molar-refractivity contribution >= 4 is 0 Å². The molecule has 0 aliphatic heterocycles. The van der Waals surface area contributed by atoms with Crippen molar-refractivity contribution in [1.82, 2.24) is 0 Å². The zero-order valence-corrected chi connectivity index (χ0v) is 21.2. The average Bonchev–Trinajstić information content (AvgIpc) is 2.83. The van der Waals surface area contributed by atoms with E-state index in [0.717, 1.165) is 49.7 Å². The van der Waals surface area contributed by atoms with Crippen molar-refractivity contribution in [2.24, 2.45) is 17.8 Å². The van der Waals surface area contributed by atoms with Crippen LogP contribution in [0.3, 0.4) is 0 Å². The minimum Gasteiger partial charge on any atom is -0.429 e. The summed E-state index contributed by atoms with van der Waals surface area (Å²) in [5.74, 6) is -4.42. The molecule has 0 saturated heterocycles. The molecule has 2 saturated carbocycles. The van der Waals surface area contributed by atoms with Crippen molar-refractivity contribution in [2.75, 3.05) is 0 Å². The zero-order chi connectivity index (χ0) is 27.7. The van der Waals surface area contributed by atoms with Gasteiger partial charge < -0.3 is 4.74 Å². The molecule has 1 nitrogen and oxygen atoms in total. The van der Waals surface area contributed by atoms with E-state index >= 15 is 0 Å². The number of hydrogen-bond donors (Lipinski definition) is 0. The van der Waals surface area contributed by atoms with Gasteiger partial charge in [0.1, 0.15) is 28.8 Å². The van der Waals surface area contributed by atoms with E-state index in [2.05, 4.69) is 11.7 Å². The molecule has 0 amide bonds. The van der Waals surface area contributed by atoms with E-state index in [4.69, 9.17) is 0 Å². The molecule has 0 radical (unpaired) electrons. The molecular formula is C29H32F8O. The summed E-state index contributed by atoms with van der Waals surface area (Å²) in [6.07, 6.45) is 1.59. The monoisotopic (exact) mass is 548 g/mol. The molecule has 0 bridgehead atoms. The molecule has 2 fully saturated rings. The minimum atomic E-state index is -5.36. The Bertz CT molecular complexity index is 1070. The molecule has 38 heavy (non-hydrogen) atoms. The van der Waals surface area contributed by atoms with Crippen LogP contribution in [0.15, 0.2) is 30.3 Å². The smallest absolute Gasteiger partial charge is 0.429 e. The van der Waals surface area contributed by atoms with Gasteiger partial charge in [0.05, 0.1) is 5.56 Å². The molecule has 9 heteroatoms. The first-order valence-electron chi connectivity index (χ1n) is 13.3. The van der Waals surface area contributed by atoms with E-state index in [-0.39, 0.29) is 18.1 Å². The van der Waals surface area contributed by atoms with E-state index in [1.807, 2.05) is 0 Å². The van der Waals surface area contributed by atoms with E-state index in [1.54, 1.807) is 0 Å². The summed E-state index contributed by atoms with van der Waals surface area (Å²) in [5, 5.41) is 0. The van der Waals surface area contributed by atoms with Crippen molar-refractivity contribution in [1.29, 1.82) is 0 Å². The highest BCUT2D eigenvalue weighted by Crippen LogP contribution is 2.45. The van der Waals surface area contributed by atoms with Gasteiger partial charge in [-0.15, -0.1) is 0 Å². The highest BCUT2D eigenvalue weighted by atomic mass is 19.4. The molecule has 0 unspecified atom stereocenters. The molecule has 2 aliphatic carbocycles. The molecule has 210 valence electrons. The number of ether oxygens (including phenoxy) is 1. The van der Waals surface area contributed by atoms with Gasteiger partial charge in [0, 0.05) is 12.1 Å². The molecule has 2 aliphatic rings. The quantitative estimate of drug-likeness (QED) is 0.313. The molecule has 0 atom stereocenters. The molecule has 0 heterocycles. The van der Waals surface area contributed by atoms with Gasteiger partial charge in [-0.2, -0.15) is 22.0 Å². The number of benzene rings is 2. The highest BCUT2D eigenvalue weighted by molar-refractivity contribution is 5.34. The van der Waals surface area contributed by atoms with Crippen LogP contribution >= 0.6 is 0 Å². The van der Waals surface area contributed by atoms with E-state index in [9.17, 15) is 35.1 Å². The molecule has 0 N–H and O–H groups in total. The van der Waals surface area contributed by atoms with Gasteiger partial charge in [0.25, 0.3) is 0 Å². The van der Waals surface area contributed by atoms with Gasteiger partial charge >= 0.3 is 12.3 Å². The first-order valence-corrected chi connectivity index (χ1v) is 13.3. The Hall–Kier alpha value is -2.32. The summed E-state index contributed by atoms with van der Waals surface area (Å²) in [6, 6.07) is 3.29. The van der Waals surface area contributed by atoms with Gasteiger partial charge in [-0.3, -0.25) is 0 Å². The van der Waals surface area contributed by atoms with Crippen molar-refractivity contribution in [2.45, 2.75) is 89.3 Å². The maximum absolute atomic E-state index is 14.8. The van der Waals surface area contributed by atoms with Crippen LogP contribution in [0.2, 0.25) is 0 Å². The summed E-state index contributed by atoms with van der Waals surface area (Å²) in [4.78, 5) is 0. The Morgan fingerprint density at radius 1 is 0.737 bits per heavy atom. The van der Waals surface area contributed by atoms with Crippen LogP contribution in [-0.4, -0.2) is 0 Å². The van der Waals surface area contributed by atoms with Gasteiger partial charge in [0.2, 0.25) is 0 Å². The predicted octanol–water partition coefficient (Wildman–Crippen LogP) is 10.1. The third-order valence-electron chi connectivity index (χ3n) is 8.35. The van der Waals surface area contributed by atoms with E-state index in [1.165, 1.54) is 44.6 Å². The fourth-order valence-corrected chi connectivity index (χ4v) is 6.38. The molecular weight excluding hydrogens is 516 g/mol. The van der Waals surface area contributed by atoms with Crippen LogP contribution in [-0.2, 0) is 12.3 Å². The van der Waals surface area contributed by atoms with Crippen LogP contribution in [0.1, 0.15) is 93.7 Å². The van der Waals surface area contributed by atoms with E-state index in [0.29, 0.717) is 11.5 Å². The first-order chi connectivity index (χ1) is 17.9. The predicted molar refractivity (Wildman–Crippen MR) is 127 cm³/mol. The maximum Gasteiger partial charge on any atom is 0.429 e. The second kappa shape index (κ2) is 11.4. The van der Waals surface area contributed by atoms with Crippen LogP contribution in [0.25, 0.3) is 0 Å². The van der Waals surface area contributed by atoms with Crippen molar-refractivity contribution < 1.29 is 39.9 Å². The zero-order valence-electron chi connectivity index (χ0n) is 21.2. The summed E-state index contributed by atoms with van der Waals surface area (Å²) in [7, 11) is 0. The van der Waals surface area contributed by atoms with Crippen molar-refractivity contribution in [3.63, 3.8) is 0 Å². The lowest BCUT2D eigenvalue weighted by Gasteiger charge is -2.38. The fourth-order valence-electron chi connectivity index (χ4n) is 6.38. The minimum absolute atomic E-state index is 0.000799. The van der Waals surface area contributed by atoms with Gasteiger partial charge in [-0.05, 0) is 79.9 Å². The van der Waals surface area contributed by atoms with Gasteiger partial charge in [-0.25, -0.2) is 13.2 Å². The summed E-state index contributed by atoms with van der Waals surface area (Å²) in [5.41, 5.74) is -2.79. The lowest BCUT2D eigenvalue weighted by molar-refractivity contribution is -0.187. The molecule has 4 rings (SSSR count). The molecule has 2 aromatic rings. The van der Waals surface area contributed by atoms with Crippen molar-refractivity contribution in [3.8, 4) is 5.75 Å². The molecule has 0 aromatic heterocycles. The van der Waals surface area contributed by atoms with Crippen molar-refractivity contribution in [3.05, 3.63) is 64.5 Å². The SMILES string of the molecule is CCC[C@H]1CC[C@H]([C@H]2CC[C@H](c3ccc(C(F)(F)Oc4cc(F)c(C(F)(F)F)c(F)c4)c(F)c3)CC2)CC1. The normalized spacial score (nSPS) is 24.9. The second-order valence-electron chi connectivity index (χ2n) is 10.8. The lowest BCUT2D eigenvalue weighted by atomic mass is 9.68. The third kappa shape index (κ3) is 6.45. The van der Waals surface area contributed by atoms with Gasteiger partial charge in [0.15, 0.2) is 0 Å². The molecule has 0 spiro atoms. The van der Waals surface area contributed by atoms with Crippen LogP contribution < -0.4 is 4.74 Å². The summed E-state index contributed by atoms with van der Waals surface area (Å²) >= 11 is 0. The lowest BCUT2D eigenvalue weighted by Crippen LogP contribution is -2.26. The number of alkyl halides is 5. The standard InChI is InChI=1S/C29H32F8O/c1-2-3-17-4-6-18(7-5-17)19-8-10-20(11-9-19)21-12-13-23(24(30)14-21)29(36,37)38-22-15-25(31)27(26(32)16-22)28(33,34)35/h12-20H,2-11H2,1H3/t17-,18-,19-,20-. The third-order valence-corrected chi connectivity index (χ3v) is 8.35. The first kappa shape index (κ1) is 28.7. The average molecular weight is 549 g/mol. The van der Waals surface area contributed by atoms with Crippen LogP contribution in [0, 0.1) is 35.2 Å². The summed E-state index contributed by atoms with van der Waals surface area (Å²) in [6.45, 7) is 2.22. The van der Waals surface area contributed by atoms with Crippen LogP contribution in [0.4, 0.5) is 35.1 Å². The number of halogens is 8. The van der Waals surface area contributed by atoms with Gasteiger partial charge in [-0.1, -0.05) is 38.7 Å². The maximum atomic E-state index is 14.8. The topological polar surface area (TPSA) is 9.23 Å².